The van der Waals surface area contributed by atoms with E-state index in [2.05, 4.69) is 10.2 Å². The molecule has 6 heteroatoms. The Morgan fingerprint density at radius 1 is 1.32 bits per heavy atom. The van der Waals surface area contributed by atoms with Crippen molar-refractivity contribution in [3.8, 4) is 0 Å². The fourth-order valence-corrected chi connectivity index (χ4v) is 2.54. The first kappa shape index (κ1) is 15.0. The summed E-state index contributed by atoms with van der Waals surface area (Å²) < 4.78 is 10.8. The Labute approximate surface area is 128 Å². The van der Waals surface area contributed by atoms with E-state index in [-0.39, 0.29) is 18.2 Å². The first-order valence-corrected chi connectivity index (χ1v) is 7.47. The summed E-state index contributed by atoms with van der Waals surface area (Å²) in [6, 6.07) is 9.17. The smallest absolute Gasteiger partial charge is 0.287 e. The number of aliphatic hydroxyl groups is 1. The van der Waals surface area contributed by atoms with E-state index in [1.807, 2.05) is 24.3 Å². The van der Waals surface area contributed by atoms with Crippen LogP contribution in [0, 0.1) is 0 Å². The van der Waals surface area contributed by atoms with Gasteiger partial charge in [-0.1, -0.05) is 18.2 Å². The van der Waals surface area contributed by atoms with Crippen molar-refractivity contribution < 1.29 is 19.1 Å². The summed E-state index contributed by atoms with van der Waals surface area (Å²) in [6.07, 6.45) is -0.605. The van der Waals surface area contributed by atoms with Gasteiger partial charge in [-0.2, -0.15) is 0 Å². The van der Waals surface area contributed by atoms with Crippen molar-refractivity contribution in [2.75, 3.05) is 39.4 Å². The number of furan rings is 1. The molecule has 1 amide bonds. The van der Waals surface area contributed by atoms with E-state index in [9.17, 15) is 9.90 Å². The van der Waals surface area contributed by atoms with E-state index in [4.69, 9.17) is 9.15 Å². The zero-order valence-electron chi connectivity index (χ0n) is 12.3. The van der Waals surface area contributed by atoms with Crippen LogP contribution in [-0.4, -0.2) is 61.4 Å². The van der Waals surface area contributed by atoms with Gasteiger partial charge in [0.25, 0.3) is 5.91 Å². The quantitative estimate of drug-likeness (QED) is 0.857. The normalized spacial score (nSPS) is 17.5. The van der Waals surface area contributed by atoms with Gasteiger partial charge in [0.05, 0.1) is 19.3 Å². The molecule has 1 aromatic heterocycles. The van der Waals surface area contributed by atoms with Gasteiger partial charge < -0.3 is 19.6 Å². The number of nitrogens with zero attached hydrogens (tertiary/aromatic N) is 1. The Morgan fingerprint density at radius 2 is 2.09 bits per heavy atom. The van der Waals surface area contributed by atoms with Gasteiger partial charge in [0.2, 0.25) is 0 Å². The van der Waals surface area contributed by atoms with Crippen LogP contribution in [0.5, 0.6) is 0 Å². The standard InChI is InChI=1S/C16H20N2O4/c19-13(11-18-5-7-21-8-6-18)10-17-16(20)15-9-12-3-1-2-4-14(12)22-15/h1-4,9,13,19H,5-8,10-11H2,(H,17,20). The molecule has 6 nitrogen and oxygen atoms in total. The number of rotatable bonds is 5. The number of hydrogen-bond donors (Lipinski definition) is 2. The highest BCUT2D eigenvalue weighted by atomic mass is 16.5. The number of nitrogens with one attached hydrogen (secondary N) is 1. The van der Waals surface area contributed by atoms with Crippen LogP contribution in [0.15, 0.2) is 34.7 Å². The van der Waals surface area contributed by atoms with E-state index in [0.717, 1.165) is 18.5 Å². The van der Waals surface area contributed by atoms with Gasteiger partial charge in [-0.15, -0.1) is 0 Å². The van der Waals surface area contributed by atoms with Crippen molar-refractivity contribution in [2.24, 2.45) is 0 Å². The average molecular weight is 304 g/mol. The van der Waals surface area contributed by atoms with Crippen molar-refractivity contribution in [1.82, 2.24) is 10.2 Å². The minimum absolute atomic E-state index is 0.202. The summed E-state index contributed by atoms with van der Waals surface area (Å²) in [4.78, 5) is 14.2. The summed E-state index contributed by atoms with van der Waals surface area (Å²) in [7, 11) is 0. The Kier molecular flexibility index (Phi) is 4.72. The minimum atomic E-state index is -0.605. The average Bonchev–Trinajstić information content (AvgIpc) is 2.98. The third-order valence-corrected chi connectivity index (χ3v) is 3.72. The maximum Gasteiger partial charge on any atom is 0.287 e. The largest absolute Gasteiger partial charge is 0.451 e. The second kappa shape index (κ2) is 6.91. The lowest BCUT2D eigenvalue weighted by Crippen LogP contribution is -2.44. The second-order valence-electron chi connectivity index (χ2n) is 5.43. The summed E-state index contributed by atoms with van der Waals surface area (Å²) >= 11 is 0. The first-order valence-electron chi connectivity index (χ1n) is 7.47. The van der Waals surface area contributed by atoms with Gasteiger partial charge in [-0.25, -0.2) is 0 Å². The fourth-order valence-electron chi connectivity index (χ4n) is 2.54. The summed E-state index contributed by atoms with van der Waals surface area (Å²) in [6.45, 7) is 3.75. The van der Waals surface area contributed by atoms with Crippen LogP contribution in [0.2, 0.25) is 0 Å². The van der Waals surface area contributed by atoms with Crippen LogP contribution in [0.3, 0.4) is 0 Å². The van der Waals surface area contributed by atoms with Crippen molar-refractivity contribution in [3.63, 3.8) is 0 Å². The van der Waals surface area contributed by atoms with Crippen LogP contribution in [0.4, 0.5) is 0 Å². The third-order valence-electron chi connectivity index (χ3n) is 3.72. The molecule has 1 fully saturated rings. The predicted octanol–water partition coefficient (Wildman–Crippen LogP) is 0.856. The topological polar surface area (TPSA) is 74.9 Å². The molecule has 0 aliphatic carbocycles. The SMILES string of the molecule is O=C(NCC(O)CN1CCOCC1)c1cc2ccccc2o1. The lowest BCUT2D eigenvalue weighted by atomic mass is 10.2. The van der Waals surface area contributed by atoms with Crippen LogP contribution < -0.4 is 5.32 Å². The van der Waals surface area contributed by atoms with Crippen molar-refractivity contribution in [2.45, 2.75) is 6.10 Å². The number of ether oxygens (including phenoxy) is 1. The zero-order valence-corrected chi connectivity index (χ0v) is 12.3. The van der Waals surface area contributed by atoms with Crippen LogP contribution >= 0.6 is 0 Å². The molecule has 1 atom stereocenters. The van der Waals surface area contributed by atoms with E-state index in [1.54, 1.807) is 6.07 Å². The molecule has 1 aromatic carbocycles. The number of benzene rings is 1. The Hall–Kier alpha value is -1.89. The van der Waals surface area contributed by atoms with Gasteiger partial charge in [0.15, 0.2) is 5.76 Å². The highest BCUT2D eigenvalue weighted by molar-refractivity contribution is 5.96. The van der Waals surface area contributed by atoms with Gasteiger partial charge in [-0.05, 0) is 12.1 Å². The molecule has 0 bridgehead atoms. The molecule has 1 aliphatic heterocycles. The lowest BCUT2D eigenvalue weighted by Gasteiger charge is -2.28. The van der Waals surface area contributed by atoms with E-state index < -0.39 is 6.10 Å². The number of carbonyl (C=O) groups excluding carboxylic acids is 1. The number of fused-ring (bicyclic) bond motifs is 1. The predicted molar refractivity (Wildman–Crippen MR) is 81.8 cm³/mol. The van der Waals surface area contributed by atoms with Crippen LogP contribution in [0.1, 0.15) is 10.6 Å². The van der Waals surface area contributed by atoms with E-state index in [1.165, 1.54) is 0 Å². The van der Waals surface area contributed by atoms with Crippen molar-refractivity contribution in [3.05, 3.63) is 36.1 Å². The molecule has 22 heavy (non-hydrogen) atoms. The monoisotopic (exact) mass is 304 g/mol. The maximum absolute atomic E-state index is 12.1. The van der Waals surface area contributed by atoms with Gasteiger partial charge >= 0.3 is 0 Å². The Balaban J connectivity index is 1.50. The number of amides is 1. The molecule has 0 spiro atoms. The number of carbonyl (C=O) groups is 1. The molecule has 0 radical (unpaired) electrons. The molecule has 2 aromatic rings. The number of aliphatic hydroxyl groups excluding tert-OH is 1. The molecule has 118 valence electrons. The molecular formula is C16H20N2O4. The summed E-state index contributed by atoms with van der Waals surface area (Å²) in [5, 5.41) is 13.6. The Morgan fingerprint density at radius 3 is 2.86 bits per heavy atom. The molecule has 0 saturated carbocycles. The summed E-state index contributed by atoms with van der Waals surface area (Å²) in [5.41, 5.74) is 0.682. The lowest BCUT2D eigenvalue weighted by molar-refractivity contribution is 0.0148. The molecule has 2 heterocycles. The van der Waals surface area contributed by atoms with Crippen molar-refractivity contribution in [1.29, 1.82) is 0 Å². The minimum Gasteiger partial charge on any atom is -0.451 e. The van der Waals surface area contributed by atoms with Gasteiger partial charge in [-0.3, -0.25) is 9.69 Å². The fraction of sp³-hybridized carbons (Fsp3) is 0.438. The van der Waals surface area contributed by atoms with E-state index in [0.29, 0.717) is 25.3 Å². The molecule has 1 unspecified atom stereocenters. The van der Waals surface area contributed by atoms with Crippen molar-refractivity contribution >= 4 is 16.9 Å². The zero-order chi connectivity index (χ0) is 15.4. The highest BCUT2D eigenvalue weighted by Crippen LogP contribution is 2.18. The van der Waals surface area contributed by atoms with Gasteiger partial charge in [0.1, 0.15) is 5.58 Å². The number of morpholine rings is 1. The Bertz CT molecular complexity index is 601. The molecule has 2 N–H and O–H groups in total. The molecule has 1 aliphatic rings. The van der Waals surface area contributed by atoms with E-state index >= 15 is 0 Å². The molecular weight excluding hydrogens is 284 g/mol. The summed E-state index contributed by atoms with van der Waals surface area (Å²) in [5.74, 6) is -0.0444. The second-order valence-corrected chi connectivity index (χ2v) is 5.43. The maximum atomic E-state index is 12.1. The number of para-hydroxylation sites is 1. The first-order chi connectivity index (χ1) is 10.7. The number of β-amino-alcohol motifs (C(OH)–C–C–N with tert-alkyl or cyclic N) is 1. The van der Waals surface area contributed by atoms with Crippen LogP contribution in [-0.2, 0) is 4.74 Å². The highest BCUT2D eigenvalue weighted by Gasteiger charge is 2.17. The number of hydrogen-bond acceptors (Lipinski definition) is 5. The van der Waals surface area contributed by atoms with Gasteiger partial charge in [0, 0.05) is 31.6 Å². The molecule has 3 rings (SSSR count). The molecule has 1 saturated heterocycles. The third kappa shape index (κ3) is 3.65. The van der Waals surface area contributed by atoms with Crippen LogP contribution in [0.25, 0.3) is 11.0 Å².